The van der Waals surface area contributed by atoms with Gasteiger partial charge >= 0.3 is 5.97 Å². The summed E-state index contributed by atoms with van der Waals surface area (Å²) in [6.07, 6.45) is 0.867. The number of esters is 1. The van der Waals surface area contributed by atoms with E-state index in [1.54, 1.807) is 0 Å². The van der Waals surface area contributed by atoms with Crippen molar-refractivity contribution in [2.45, 2.75) is 32.9 Å². The molecule has 1 aliphatic heterocycles. The topological polar surface area (TPSA) is 29.5 Å². The highest BCUT2D eigenvalue weighted by Crippen LogP contribution is 2.19. The first-order valence-electron chi connectivity index (χ1n) is 6.61. The van der Waals surface area contributed by atoms with Gasteiger partial charge in [0, 0.05) is 13.1 Å². The van der Waals surface area contributed by atoms with Crippen LogP contribution in [0.15, 0.2) is 30.3 Å². The van der Waals surface area contributed by atoms with Gasteiger partial charge in [-0.3, -0.25) is 9.69 Å². The largest absolute Gasteiger partial charge is 0.463 e. The predicted octanol–water partition coefficient (Wildman–Crippen LogP) is 2.46. The van der Waals surface area contributed by atoms with E-state index in [0.717, 1.165) is 19.5 Å². The zero-order chi connectivity index (χ0) is 13.0. The summed E-state index contributed by atoms with van der Waals surface area (Å²) in [5.41, 5.74) is 1.25. The van der Waals surface area contributed by atoms with Gasteiger partial charge in [-0.1, -0.05) is 44.2 Å². The van der Waals surface area contributed by atoms with E-state index in [0.29, 0.717) is 12.5 Å². The normalized spacial score (nSPS) is 21.1. The van der Waals surface area contributed by atoms with Crippen molar-refractivity contribution in [3.8, 4) is 0 Å². The highest BCUT2D eigenvalue weighted by Gasteiger charge is 2.31. The molecular weight excluding hydrogens is 226 g/mol. The maximum absolute atomic E-state index is 11.9. The summed E-state index contributed by atoms with van der Waals surface area (Å²) in [6.45, 7) is 6.46. The molecule has 0 spiro atoms. The molecule has 2 rings (SSSR count). The van der Waals surface area contributed by atoms with Crippen molar-refractivity contribution in [2.24, 2.45) is 5.92 Å². The van der Waals surface area contributed by atoms with Crippen molar-refractivity contribution in [1.29, 1.82) is 0 Å². The Balaban J connectivity index is 2.06. The zero-order valence-electron chi connectivity index (χ0n) is 11.1. The molecule has 0 aromatic heterocycles. The van der Waals surface area contributed by atoms with Gasteiger partial charge < -0.3 is 4.74 Å². The summed E-state index contributed by atoms with van der Waals surface area (Å²) in [4.78, 5) is 14.1. The molecule has 0 unspecified atom stereocenters. The van der Waals surface area contributed by atoms with Crippen LogP contribution >= 0.6 is 0 Å². The standard InChI is InChI=1S/C15H21NO2/c1-12(2)10-14-15(17)18-9-8-16(14)11-13-6-4-3-5-7-13/h3-7,12,14H,8-11H2,1-2H3/t14-/m0/s1. The van der Waals surface area contributed by atoms with Crippen LogP contribution < -0.4 is 0 Å². The third kappa shape index (κ3) is 3.33. The molecular formula is C15H21NO2. The lowest BCUT2D eigenvalue weighted by molar-refractivity contribution is -0.158. The third-order valence-corrected chi connectivity index (χ3v) is 3.26. The number of benzene rings is 1. The number of rotatable bonds is 4. The molecule has 3 nitrogen and oxygen atoms in total. The molecule has 1 aromatic carbocycles. The summed E-state index contributed by atoms with van der Waals surface area (Å²) in [5, 5.41) is 0. The minimum atomic E-state index is -0.0843. The predicted molar refractivity (Wildman–Crippen MR) is 71.1 cm³/mol. The molecule has 98 valence electrons. The fourth-order valence-electron chi connectivity index (χ4n) is 2.36. The van der Waals surface area contributed by atoms with Crippen LogP contribution in [0.2, 0.25) is 0 Å². The molecule has 0 amide bonds. The number of nitrogens with zero attached hydrogens (tertiary/aromatic N) is 1. The summed E-state index contributed by atoms with van der Waals surface area (Å²) >= 11 is 0. The van der Waals surface area contributed by atoms with Gasteiger partial charge in [0.2, 0.25) is 0 Å². The Morgan fingerprint density at radius 1 is 1.33 bits per heavy atom. The molecule has 0 bridgehead atoms. The van der Waals surface area contributed by atoms with E-state index in [1.807, 2.05) is 18.2 Å². The van der Waals surface area contributed by atoms with E-state index >= 15 is 0 Å². The maximum atomic E-state index is 11.9. The van der Waals surface area contributed by atoms with Gasteiger partial charge in [-0.25, -0.2) is 0 Å². The average Bonchev–Trinajstić information content (AvgIpc) is 2.34. The van der Waals surface area contributed by atoms with Crippen molar-refractivity contribution in [2.75, 3.05) is 13.2 Å². The lowest BCUT2D eigenvalue weighted by Crippen LogP contribution is -2.48. The van der Waals surface area contributed by atoms with E-state index in [9.17, 15) is 4.79 Å². The zero-order valence-corrected chi connectivity index (χ0v) is 11.1. The quantitative estimate of drug-likeness (QED) is 0.765. The second-order valence-electron chi connectivity index (χ2n) is 5.27. The van der Waals surface area contributed by atoms with Crippen LogP contribution in [0.5, 0.6) is 0 Å². The van der Waals surface area contributed by atoms with Gasteiger partial charge in [0.05, 0.1) is 0 Å². The van der Waals surface area contributed by atoms with Crippen LogP contribution in [0, 0.1) is 5.92 Å². The van der Waals surface area contributed by atoms with Gasteiger partial charge in [0.1, 0.15) is 12.6 Å². The van der Waals surface area contributed by atoms with E-state index in [4.69, 9.17) is 4.74 Å². The fraction of sp³-hybridized carbons (Fsp3) is 0.533. The second-order valence-corrected chi connectivity index (χ2v) is 5.27. The van der Waals surface area contributed by atoms with Crippen molar-refractivity contribution in [1.82, 2.24) is 4.90 Å². The molecule has 0 radical (unpaired) electrons. The molecule has 3 heteroatoms. The average molecular weight is 247 g/mol. The number of hydrogen-bond acceptors (Lipinski definition) is 3. The lowest BCUT2D eigenvalue weighted by atomic mass is 10.0. The maximum Gasteiger partial charge on any atom is 0.323 e. The SMILES string of the molecule is CC(C)C[C@H]1C(=O)OCCN1Cc1ccccc1. The van der Waals surface area contributed by atoms with Gasteiger partial charge in [-0.05, 0) is 17.9 Å². The monoisotopic (exact) mass is 247 g/mol. The molecule has 1 atom stereocenters. The van der Waals surface area contributed by atoms with Crippen molar-refractivity contribution < 1.29 is 9.53 Å². The number of hydrogen-bond donors (Lipinski definition) is 0. The van der Waals surface area contributed by atoms with Crippen LogP contribution in [0.25, 0.3) is 0 Å². The van der Waals surface area contributed by atoms with E-state index in [1.165, 1.54) is 5.56 Å². The van der Waals surface area contributed by atoms with Gasteiger partial charge in [-0.2, -0.15) is 0 Å². The molecule has 0 saturated carbocycles. The Morgan fingerprint density at radius 2 is 2.06 bits per heavy atom. The van der Waals surface area contributed by atoms with Gasteiger partial charge in [0.15, 0.2) is 0 Å². The van der Waals surface area contributed by atoms with Crippen molar-refractivity contribution in [3.63, 3.8) is 0 Å². The summed E-state index contributed by atoms with van der Waals surface area (Å²) in [7, 11) is 0. The van der Waals surface area contributed by atoms with Crippen molar-refractivity contribution >= 4 is 5.97 Å². The lowest BCUT2D eigenvalue weighted by Gasteiger charge is -2.35. The number of carbonyl (C=O) groups is 1. The van der Waals surface area contributed by atoms with Gasteiger partial charge in [-0.15, -0.1) is 0 Å². The van der Waals surface area contributed by atoms with Gasteiger partial charge in [0.25, 0.3) is 0 Å². The minimum Gasteiger partial charge on any atom is -0.463 e. The number of ether oxygens (including phenoxy) is 1. The molecule has 0 N–H and O–H groups in total. The van der Waals surface area contributed by atoms with Crippen LogP contribution in [0.3, 0.4) is 0 Å². The Morgan fingerprint density at radius 3 is 2.72 bits per heavy atom. The molecule has 1 fully saturated rings. The van der Waals surface area contributed by atoms with Crippen LogP contribution in [0.4, 0.5) is 0 Å². The molecule has 1 heterocycles. The summed E-state index contributed by atoms with van der Waals surface area (Å²) in [6, 6.07) is 10.2. The molecule has 1 aliphatic rings. The number of cyclic esters (lactones) is 1. The Hall–Kier alpha value is -1.35. The van der Waals surface area contributed by atoms with Crippen molar-refractivity contribution in [3.05, 3.63) is 35.9 Å². The first-order valence-corrected chi connectivity index (χ1v) is 6.61. The molecule has 1 aromatic rings. The van der Waals surface area contributed by atoms with E-state index < -0.39 is 0 Å². The number of carbonyl (C=O) groups excluding carboxylic acids is 1. The Kier molecular flexibility index (Phi) is 4.37. The third-order valence-electron chi connectivity index (χ3n) is 3.26. The highest BCUT2D eigenvalue weighted by molar-refractivity contribution is 5.76. The molecule has 18 heavy (non-hydrogen) atoms. The van der Waals surface area contributed by atoms with E-state index in [2.05, 4.69) is 30.9 Å². The summed E-state index contributed by atoms with van der Waals surface area (Å²) < 4.78 is 5.18. The smallest absolute Gasteiger partial charge is 0.323 e. The van der Waals surface area contributed by atoms with Crippen LogP contribution in [0.1, 0.15) is 25.8 Å². The minimum absolute atomic E-state index is 0.0640. The van der Waals surface area contributed by atoms with Crippen LogP contribution in [-0.4, -0.2) is 30.1 Å². The first kappa shape index (κ1) is 13.1. The molecule has 1 saturated heterocycles. The Labute approximate surface area is 109 Å². The number of morpholine rings is 1. The first-order chi connectivity index (χ1) is 8.66. The van der Waals surface area contributed by atoms with E-state index in [-0.39, 0.29) is 12.0 Å². The summed E-state index contributed by atoms with van der Waals surface area (Å²) in [5.74, 6) is 0.435. The van der Waals surface area contributed by atoms with Crippen LogP contribution in [-0.2, 0) is 16.1 Å². The second kappa shape index (κ2) is 6.01. The fourth-order valence-corrected chi connectivity index (χ4v) is 2.36. The molecule has 0 aliphatic carbocycles. The Bertz CT molecular complexity index is 389. The highest BCUT2D eigenvalue weighted by atomic mass is 16.5.